The fraction of sp³-hybridized carbons (Fsp3) is 0.318. The third kappa shape index (κ3) is 5.97. The molecule has 3 rings (SSSR count). The number of hydrogen-bond acceptors (Lipinski definition) is 10. The molecule has 0 amide bonds. The number of carboxylic acids is 1. The van der Waals surface area contributed by atoms with Crippen molar-refractivity contribution in [1.82, 2.24) is 19.9 Å². The zero-order chi connectivity index (χ0) is 24.1. The van der Waals surface area contributed by atoms with Crippen molar-refractivity contribution in [2.24, 2.45) is 5.92 Å². The van der Waals surface area contributed by atoms with Crippen molar-refractivity contribution < 1.29 is 19.5 Å². The Labute approximate surface area is 189 Å². The molecule has 1 atom stereocenters. The van der Waals surface area contributed by atoms with E-state index >= 15 is 0 Å². The second kappa shape index (κ2) is 9.98. The fourth-order valence-electron chi connectivity index (χ4n) is 3.38. The molecular formula is C22H25N7O4. The van der Waals surface area contributed by atoms with E-state index in [0.717, 1.165) is 5.69 Å². The van der Waals surface area contributed by atoms with Crippen molar-refractivity contribution in [3.8, 4) is 0 Å². The first-order valence-electron chi connectivity index (χ1n) is 10.2. The number of nitrogens with zero attached hydrogens (tertiary/aromatic N) is 5. The van der Waals surface area contributed by atoms with E-state index in [-0.39, 0.29) is 42.6 Å². The lowest BCUT2D eigenvalue weighted by atomic mass is 9.91. The predicted molar refractivity (Wildman–Crippen MR) is 122 cm³/mol. The Morgan fingerprint density at radius 2 is 1.79 bits per heavy atom. The van der Waals surface area contributed by atoms with Gasteiger partial charge in [0.25, 0.3) is 0 Å². The van der Waals surface area contributed by atoms with Crippen LogP contribution in [0.25, 0.3) is 11.2 Å². The summed E-state index contributed by atoms with van der Waals surface area (Å²) in [5.41, 5.74) is 14.1. The van der Waals surface area contributed by atoms with E-state index in [2.05, 4.69) is 19.9 Å². The molecule has 2 heterocycles. The molecule has 0 aliphatic heterocycles. The number of anilines is 3. The molecule has 11 heteroatoms. The standard InChI is InChI=1S/C22H25N7O4/c1-12(30)14(5-8-18(32)33)9-17(31)13-3-6-16(7-4-13)29(2)11-15-10-25-21-19(26-15)20(23)27-22(24)28-21/h3-4,6-7,10,14H,5,8-9,11H2,1-2H3,(H,32,33)(H4,23,24,25,27,28). The second-order valence-corrected chi connectivity index (χ2v) is 7.77. The van der Waals surface area contributed by atoms with Crippen LogP contribution in [0.1, 0.15) is 42.2 Å². The Morgan fingerprint density at radius 1 is 1.09 bits per heavy atom. The van der Waals surface area contributed by atoms with Crippen LogP contribution in [0, 0.1) is 5.92 Å². The molecule has 0 bridgehead atoms. The molecule has 172 valence electrons. The maximum atomic E-state index is 12.6. The number of rotatable bonds is 10. The Morgan fingerprint density at radius 3 is 2.42 bits per heavy atom. The van der Waals surface area contributed by atoms with Crippen LogP contribution in [0.3, 0.4) is 0 Å². The quantitative estimate of drug-likeness (QED) is 0.383. The molecule has 2 aromatic heterocycles. The molecule has 0 aliphatic carbocycles. The highest BCUT2D eigenvalue weighted by molar-refractivity contribution is 5.99. The number of Topliss-reactive ketones (excluding diaryl/α,β-unsaturated/α-hetero) is 2. The average Bonchev–Trinajstić information content (AvgIpc) is 2.76. The minimum atomic E-state index is -0.989. The number of aromatic nitrogens is 4. The summed E-state index contributed by atoms with van der Waals surface area (Å²) in [5.74, 6) is -1.79. The molecule has 0 aliphatic rings. The molecule has 3 aromatic rings. The highest BCUT2D eigenvalue weighted by atomic mass is 16.4. The number of ketones is 2. The van der Waals surface area contributed by atoms with Gasteiger partial charge in [0.1, 0.15) is 5.78 Å². The summed E-state index contributed by atoms with van der Waals surface area (Å²) in [7, 11) is 1.86. The number of fused-ring (bicyclic) bond motifs is 1. The smallest absolute Gasteiger partial charge is 0.303 e. The van der Waals surface area contributed by atoms with Crippen LogP contribution in [-0.4, -0.2) is 49.6 Å². The van der Waals surface area contributed by atoms with E-state index in [0.29, 0.717) is 29.0 Å². The van der Waals surface area contributed by atoms with Crippen LogP contribution < -0.4 is 16.4 Å². The number of aliphatic carboxylic acids is 1. The van der Waals surface area contributed by atoms with Crippen LogP contribution in [-0.2, 0) is 16.1 Å². The zero-order valence-corrected chi connectivity index (χ0v) is 18.4. The maximum Gasteiger partial charge on any atom is 0.303 e. The number of carbonyl (C=O) groups excluding carboxylic acids is 2. The summed E-state index contributed by atoms with van der Waals surface area (Å²) in [5, 5.41) is 8.83. The van der Waals surface area contributed by atoms with Crippen molar-refractivity contribution in [2.45, 2.75) is 32.7 Å². The fourth-order valence-corrected chi connectivity index (χ4v) is 3.38. The lowest BCUT2D eigenvalue weighted by Gasteiger charge is -2.19. The summed E-state index contributed by atoms with van der Waals surface area (Å²) in [6.07, 6.45) is 1.57. The van der Waals surface area contributed by atoms with Gasteiger partial charge in [-0.1, -0.05) is 0 Å². The molecule has 0 saturated carbocycles. The Balaban J connectivity index is 1.67. The molecule has 0 saturated heterocycles. The van der Waals surface area contributed by atoms with Gasteiger partial charge in [0.05, 0.1) is 18.4 Å². The number of nitrogens with two attached hydrogens (primary N) is 2. The largest absolute Gasteiger partial charge is 0.481 e. The Bertz CT molecular complexity index is 1200. The number of benzene rings is 1. The molecule has 0 spiro atoms. The molecule has 1 unspecified atom stereocenters. The lowest BCUT2D eigenvalue weighted by Crippen LogP contribution is -2.19. The molecule has 1 aromatic carbocycles. The van der Waals surface area contributed by atoms with E-state index < -0.39 is 11.9 Å². The highest BCUT2D eigenvalue weighted by Gasteiger charge is 2.20. The second-order valence-electron chi connectivity index (χ2n) is 7.77. The van der Waals surface area contributed by atoms with Gasteiger partial charge in [-0.05, 0) is 37.6 Å². The third-order valence-electron chi connectivity index (χ3n) is 5.24. The topological polar surface area (TPSA) is 178 Å². The number of nitrogen functional groups attached to an aromatic ring is 2. The van der Waals surface area contributed by atoms with Gasteiger partial charge < -0.3 is 21.5 Å². The van der Waals surface area contributed by atoms with Gasteiger partial charge >= 0.3 is 5.97 Å². The van der Waals surface area contributed by atoms with E-state index in [1.807, 2.05) is 11.9 Å². The van der Waals surface area contributed by atoms with E-state index in [9.17, 15) is 14.4 Å². The van der Waals surface area contributed by atoms with Crippen LogP contribution in [0.5, 0.6) is 0 Å². The predicted octanol–water partition coefficient (Wildman–Crippen LogP) is 1.86. The molecule has 33 heavy (non-hydrogen) atoms. The van der Waals surface area contributed by atoms with Crippen LogP contribution >= 0.6 is 0 Å². The van der Waals surface area contributed by atoms with Gasteiger partial charge in [0, 0.05) is 37.1 Å². The van der Waals surface area contributed by atoms with Gasteiger partial charge in [-0.15, -0.1) is 0 Å². The summed E-state index contributed by atoms with van der Waals surface area (Å²) >= 11 is 0. The van der Waals surface area contributed by atoms with Gasteiger partial charge in [-0.25, -0.2) is 9.97 Å². The van der Waals surface area contributed by atoms with Gasteiger partial charge in [0.15, 0.2) is 22.8 Å². The van der Waals surface area contributed by atoms with Gasteiger partial charge in [0.2, 0.25) is 5.95 Å². The Kier molecular flexibility index (Phi) is 7.11. The monoisotopic (exact) mass is 451 g/mol. The van der Waals surface area contributed by atoms with Crippen LogP contribution in [0.4, 0.5) is 17.5 Å². The summed E-state index contributed by atoms with van der Waals surface area (Å²) < 4.78 is 0. The normalized spacial score (nSPS) is 11.8. The van der Waals surface area contributed by atoms with Gasteiger partial charge in [-0.3, -0.25) is 14.4 Å². The first-order valence-corrected chi connectivity index (χ1v) is 10.2. The van der Waals surface area contributed by atoms with Crippen molar-refractivity contribution >= 4 is 46.2 Å². The number of carboxylic acid groups (broad SMARTS) is 1. The third-order valence-corrected chi connectivity index (χ3v) is 5.24. The van der Waals surface area contributed by atoms with Crippen molar-refractivity contribution in [3.05, 3.63) is 41.7 Å². The SMILES string of the molecule is CC(=O)C(CCC(=O)O)CC(=O)c1ccc(N(C)Cc2cnc3nc(N)nc(N)c3n2)cc1. The molecular weight excluding hydrogens is 426 g/mol. The van der Waals surface area contributed by atoms with Crippen LogP contribution in [0.2, 0.25) is 0 Å². The first-order chi connectivity index (χ1) is 15.6. The summed E-state index contributed by atoms with van der Waals surface area (Å²) in [6.45, 7) is 1.80. The first kappa shape index (κ1) is 23.5. The van der Waals surface area contributed by atoms with Crippen molar-refractivity contribution in [3.63, 3.8) is 0 Å². The molecule has 11 nitrogen and oxygen atoms in total. The minimum Gasteiger partial charge on any atom is -0.481 e. The highest BCUT2D eigenvalue weighted by Crippen LogP contribution is 2.21. The zero-order valence-electron chi connectivity index (χ0n) is 18.4. The molecule has 0 fully saturated rings. The molecule has 0 radical (unpaired) electrons. The van der Waals surface area contributed by atoms with E-state index in [1.165, 1.54) is 6.92 Å². The van der Waals surface area contributed by atoms with Gasteiger partial charge in [-0.2, -0.15) is 9.97 Å². The summed E-state index contributed by atoms with van der Waals surface area (Å²) in [6, 6.07) is 6.95. The van der Waals surface area contributed by atoms with Crippen molar-refractivity contribution in [2.75, 3.05) is 23.4 Å². The van der Waals surface area contributed by atoms with E-state index in [1.54, 1.807) is 30.5 Å². The number of hydrogen-bond donors (Lipinski definition) is 3. The number of carbonyl (C=O) groups is 3. The average molecular weight is 451 g/mol. The minimum absolute atomic E-state index is 0.0154. The van der Waals surface area contributed by atoms with Crippen LogP contribution in [0.15, 0.2) is 30.5 Å². The Hall–Kier alpha value is -4.15. The van der Waals surface area contributed by atoms with E-state index in [4.69, 9.17) is 16.6 Å². The molecule has 5 N–H and O–H groups in total. The lowest BCUT2D eigenvalue weighted by molar-refractivity contribution is -0.137. The van der Waals surface area contributed by atoms with Crippen molar-refractivity contribution in [1.29, 1.82) is 0 Å². The summed E-state index contributed by atoms with van der Waals surface area (Å²) in [4.78, 5) is 53.7. The maximum absolute atomic E-state index is 12.6.